The second kappa shape index (κ2) is 10.2. The molecule has 226 valence electrons. The zero-order valence-electron chi connectivity index (χ0n) is 26.1. The summed E-state index contributed by atoms with van der Waals surface area (Å²) in [5, 5.41) is 6.86. The maximum atomic E-state index is 7.42. The van der Waals surface area contributed by atoms with E-state index in [0.29, 0.717) is 33.0 Å². The molecule has 0 aromatic heterocycles. The Morgan fingerprint density at radius 1 is 0.591 bits per heavy atom. The van der Waals surface area contributed by atoms with Gasteiger partial charge in [-0.3, -0.25) is 0 Å². The first kappa shape index (κ1) is 27.9. The average Bonchev–Trinajstić information content (AvgIpc) is 2.99. The molecule has 0 radical (unpaired) electrons. The van der Waals surface area contributed by atoms with E-state index in [-0.39, 0.29) is 22.3 Å². The average molecular weight is 589 g/mol. The standard InChI is InChI=1S/C39H40O5/c1-25-10-9-15-29-26(25)16-17-32(35(29)44-36(38(3)21-41-22-38)39(4)23-42-24-39)33-27-11-5-7-13-30(27)34(31-14-8-6-12-28(31)33)43-20-37(2)18-40-19-37/h5-17,36H,18-24H2,1-4H3. The number of aryl methyl sites for hydroxylation is 1. The van der Waals surface area contributed by atoms with Crippen LogP contribution in [0.4, 0.5) is 0 Å². The van der Waals surface area contributed by atoms with Crippen LogP contribution in [0.3, 0.4) is 0 Å². The number of hydrogen-bond donors (Lipinski definition) is 0. The van der Waals surface area contributed by atoms with E-state index in [1.807, 2.05) is 0 Å². The fourth-order valence-electron chi connectivity index (χ4n) is 7.52. The molecule has 3 heterocycles. The van der Waals surface area contributed by atoms with Gasteiger partial charge in [0.05, 0.1) is 57.1 Å². The maximum absolute atomic E-state index is 7.42. The normalized spacial score (nSPS) is 19.8. The number of rotatable bonds is 8. The van der Waals surface area contributed by atoms with E-state index >= 15 is 0 Å². The Hall–Kier alpha value is -3.64. The summed E-state index contributed by atoms with van der Waals surface area (Å²) in [5.41, 5.74) is 3.35. The van der Waals surface area contributed by atoms with Gasteiger partial charge in [-0.05, 0) is 34.7 Å². The highest BCUT2D eigenvalue weighted by Crippen LogP contribution is 2.51. The predicted molar refractivity (Wildman–Crippen MR) is 176 cm³/mol. The third kappa shape index (κ3) is 4.32. The Balaban J connectivity index is 1.38. The first-order valence-electron chi connectivity index (χ1n) is 15.8. The van der Waals surface area contributed by atoms with Crippen LogP contribution in [0.15, 0.2) is 78.9 Å². The summed E-state index contributed by atoms with van der Waals surface area (Å²) in [6, 6.07) is 28.3. The largest absolute Gasteiger partial charge is 0.492 e. The van der Waals surface area contributed by atoms with E-state index in [1.54, 1.807) is 0 Å². The Morgan fingerprint density at radius 2 is 1.11 bits per heavy atom. The SMILES string of the molecule is Cc1cccc2c(OC(C3(C)COC3)C3(C)COC3)c(-c3c4ccccc4c(OCC4(C)COC4)c4ccccc34)ccc12. The Labute approximate surface area is 259 Å². The second-order valence-corrected chi connectivity index (χ2v) is 14.3. The molecule has 3 saturated heterocycles. The molecule has 0 amide bonds. The van der Waals surface area contributed by atoms with Gasteiger partial charge in [-0.15, -0.1) is 0 Å². The first-order chi connectivity index (χ1) is 21.3. The minimum atomic E-state index is -0.0923. The van der Waals surface area contributed by atoms with Crippen LogP contribution in [0.5, 0.6) is 11.5 Å². The van der Waals surface area contributed by atoms with Crippen LogP contribution in [-0.4, -0.2) is 52.4 Å². The molecule has 0 aliphatic carbocycles. The van der Waals surface area contributed by atoms with E-state index in [9.17, 15) is 0 Å². The fourth-order valence-corrected chi connectivity index (χ4v) is 7.52. The van der Waals surface area contributed by atoms with Crippen molar-refractivity contribution in [3.63, 3.8) is 0 Å². The maximum Gasteiger partial charge on any atom is 0.135 e. The molecular weight excluding hydrogens is 548 g/mol. The van der Waals surface area contributed by atoms with E-state index in [0.717, 1.165) is 57.2 Å². The molecular formula is C39H40O5. The lowest BCUT2D eigenvalue weighted by molar-refractivity contribution is -0.236. The van der Waals surface area contributed by atoms with Crippen LogP contribution in [0.2, 0.25) is 0 Å². The Kier molecular flexibility index (Phi) is 6.46. The molecule has 8 rings (SSSR count). The van der Waals surface area contributed by atoms with Gasteiger partial charge in [-0.2, -0.15) is 0 Å². The molecule has 0 N–H and O–H groups in total. The summed E-state index contributed by atoms with van der Waals surface area (Å²) in [6.07, 6.45) is -0.0621. The highest BCUT2D eigenvalue weighted by atomic mass is 16.5. The molecule has 3 fully saturated rings. The van der Waals surface area contributed by atoms with E-state index in [1.165, 1.54) is 16.5 Å². The van der Waals surface area contributed by atoms with Crippen molar-refractivity contribution in [1.29, 1.82) is 0 Å². The van der Waals surface area contributed by atoms with Gasteiger partial charge in [0.1, 0.15) is 17.6 Å². The third-order valence-corrected chi connectivity index (χ3v) is 10.1. The molecule has 0 atom stereocenters. The topological polar surface area (TPSA) is 46.2 Å². The summed E-state index contributed by atoms with van der Waals surface area (Å²) in [6.45, 7) is 13.8. The molecule has 5 nitrogen and oxygen atoms in total. The highest BCUT2D eigenvalue weighted by molar-refractivity contribution is 6.18. The van der Waals surface area contributed by atoms with Crippen molar-refractivity contribution in [3.8, 4) is 22.6 Å². The van der Waals surface area contributed by atoms with Gasteiger partial charge in [-0.25, -0.2) is 0 Å². The minimum absolute atomic E-state index is 0.0375. The summed E-state index contributed by atoms with van der Waals surface area (Å²) in [7, 11) is 0. The molecule has 0 spiro atoms. The molecule has 5 heteroatoms. The van der Waals surface area contributed by atoms with Gasteiger partial charge in [0.25, 0.3) is 0 Å². The minimum Gasteiger partial charge on any atom is -0.492 e. The molecule has 3 aliphatic rings. The molecule has 3 aliphatic heterocycles. The molecule has 44 heavy (non-hydrogen) atoms. The summed E-state index contributed by atoms with van der Waals surface area (Å²) in [4.78, 5) is 0. The van der Waals surface area contributed by atoms with Gasteiger partial charge < -0.3 is 23.7 Å². The zero-order valence-corrected chi connectivity index (χ0v) is 26.1. The van der Waals surface area contributed by atoms with Gasteiger partial charge in [-0.1, -0.05) is 93.6 Å². The van der Waals surface area contributed by atoms with Crippen LogP contribution in [0.25, 0.3) is 43.4 Å². The van der Waals surface area contributed by atoms with Crippen LogP contribution >= 0.6 is 0 Å². The fraction of sp³-hybridized carbons (Fsp3) is 0.385. The predicted octanol–water partition coefficient (Wildman–Crippen LogP) is 8.36. The zero-order chi connectivity index (χ0) is 30.1. The second-order valence-electron chi connectivity index (χ2n) is 14.3. The van der Waals surface area contributed by atoms with Crippen LogP contribution in [-0.2, 0) is 14.2 Å². The monoisotopic (exact) mass is 588 g/mol. The summed E-state index contributed by atoms with van der Waals surface area (Å²) in [5.74, 6) is 1.86. The lowest BCUT2D eigenvalue weighted by atomic mass is 9.67. The molecule has 0 bridgehead atoms. The van der Waals surface area contributed by atoms with Gasteiger partial charge in [0, 0.05) is 32.7 Å². The van der Waals surface area contributed by atoms with Crippen molar-refractivity contribution in [2.75, 3.05) is 46.2 Å². The van der Waals surface area contributed by atoms with Crippen LogP contribution in [0.1, 0.15) is 26.3 Å². The number of fused-ring (bicyclic) bond motifs is 3. The van der Waals surface area contributed by atoms with Crippen LogP contribution in [0, 0.1) is 23.2 Å². The Morgan fingerprint density at radius 3 is 1.64 bits per heavy atom. The van der Waals surface area contributed by atoms with E-state index < -0.39 is 0 Å². The van der Waals surface area contributed by atoms with Crippen molar-refractivity contribution in [2.24, 2.45) is 16.2 Å². The first-order valence-corrected chi connectivity index (χ1v) is 15.8. The number of benzene rings is 5. The van der Waals surface area contributed by atoms with Gasteiger partial charge >= 0.3 is 0 Å². The van der Waals surface area contributed by atoms with Gasteiger partial charge in [0.15, 0.2) is 0 Å². The lowest BCUT2D eigenvalue weighted by Gasteiger charge is -2.54. The molecule has 0 unspecified atom stereocenters. The smallest absolute Gasteiger partial charge is 0.135 e. The van der Waals surface area contributed by atoms with Crippen LogP contribution < -0.4 is 9.47 Å². The highest BCUT2D eigenvalue weighted by Gasteiger charge is 2.55. The van der Waals surface area contributed by atoms with Crippen molar-refractivity contribution >= 4 is 32.3 Å². The number of ether oxygens (including phenoxy) is 5. The third-order valence-electron chi connectivity index (χ3n) is 10.1. The van der Waals surface area contributed by atoms with Crippen molar-refractivity contribution in [3.05, 3.63) is 84.4 Å². The van der Waals surface area contributed by atoms with Crippen molar-refractivity contribution in [2.45, 2.75) is 33.8 Å². The summed E-state index contributed by atoms with van der Waals surface area (Å²) >= 11 is 0. The quantitative estimate of drug-likeness (QED) is 0.171. The van der Waals surface area contributed by atoms with Gasteiger partial charge in [0.2, 0.25) is 0 Å². The lowest BCUT2D eigenvalue weighted by Crippen LogP contribution is -2.63. The summed E-state index contributed by atoms with van der Waals surface area (Å²) < 4.78 is 31.2. The van der Waals surface area contributed by atoms with Crippen molar-refractivity contribution < 1.29 is 23.7 Å². The van der Waals surface area contributed by atoms with E-state index in [4.69, 9.17) is 23.7 Å². The molecule has 5 aromatic carbocycles. The van der Waals surface area contributed by atoms with E-state index in [2.05, 4.69) is 107 Å². The Bertz CT molecular complexity index is 1820. The molecule has 0 saturated carbocycles. The number of hydrogen-bond acceptors (Lipinski definition) is 5. The molecule has 5 aromatic rings. The van der Waals surface area contributed by atoms with Crippen molar-refractivity contribution in [1.82, 2.24) is 0 Å².